The summed E-state index contributed by atoms with van der Waals surface area (Å²) in [6.07, 6.45) is 4.90. The van der Waals surface area contributed by atoms with E-state index in [4.69, 9.17) is 0 Å². The Kier molecular flexibility index (Phi) is 3.38. The Morgan fingerprint density at radius 2 is 2.21 bits per heavy atom. The number of halogens is 1. The van der Waals surface area contributed by atoms with Gasteiger partial charge in [-0.3, -0.25) is 4.79 Å². The van der Waals surface area contributed by atoms with E-state index in [1.807, 2.05) is 24.4 Å². The smallest absolute Gasteiger partial charge is 0.248 e. The minimum Gasteiger partial charge on any atom is -0.377 e. The zero-order valence-corrected chi connectivity index (χ0v) is 11.9. The third kappa shape index (κ3) is 2.71. The molecule has 2 aromatic rings. The van der Waals surface area contributed by atoms with Gasteiger partial charge in [-0.05, 0) is 59.0 Å². The molecule has 0 fully saturated rings. The molecule has 5 heteroatoms. The van der Waals surface area contributed by atoms with Crippen molar-refractivity contribution in [3.63, 3.8) is 0 Å². The molecule has 0 aliphatic heterocycles. The molecule has 0 spiro atoms. The SMILES string of the molecule is O=c1ccc2c([nH]1)CCCC2Nc1ccc(Br)nc1. The third-order valence-corrected chi connectivity index (χ3v) is 3.87. The van der Waals surface area contributed by atoms with Gasteiger partial charge in [0.1, 0.15) is 4.60 Å². The summed E-state index contributed by atoms with van der Waals surface area (Å²) >= 11 is 3.33. The molecule has 2 N–H and O–H groups in total. The first-order valence-electron chi connectivity index (χ1n) is 6.32. The fourth-order valence-corrected chi connectivity index (χ4v) is 2.75. The van der Waals surface area contributed by atoms with Gasteiger partial charge in [-0.2, -0.15) is 0 Å². The molecular formula is C14H14BrN3O. The van der Waals surface area contributed by atoms with Crippen LogP contribution in [0.2, 0.25) is 0 Å². The largest absolute Gasteiger partial charge is 0.377 e. The topological polar surface area (TPSA) is 57.8 Å². The van der Waals surface area contributed by atoms with E-state index in [9.17, 15) is 4.79 Å². The van der Waals surface area contributed by atoms with Crippen LogP contribution in [-0.2, 0) is 6.42 Å². The summed E-state index contributed by atoms with van der Waals surface area (Å²) in [4.78, 5) is 18.5. The average Bonchev–Trinajstić information content (AvgIpc) is 2.41. The Morgan fingerprint density at radius 3 is 3.00 bits per heavy atom. The lowest BCUT2D eigenvalue weighted by atomic mass is 9.91. The Morgan fingerprint density at radius 1 is 1.32 bits per heavy atom. The molecule has 0 bridgehead atoms. The summed E-state index contributed by atoms with van der Waals surface area (Å²) in [5.41, 5.74) is 3.21. The second-order valence-corrected chi connectivity index (χ2v) is 5.53. The molecule has 0 aromatic carbocycles. The molecule has 0 amide bonds. The van der Waals surface area contributed by atoms with Crippen molar-refractivity contribution in [3.8, 4) is 0 Å². The van der Waals surface area contributed by atoms with Crippen molar-refractivity contribution < 1.29 is 0 Å². The summed E-state index contributed by atoms with van der Waals surface area (Å²) in [6.45, 7) is 0. The number of fused-ring (bicyclic) bond motifs is 1. The molecule has 2 aromatic heterocycles. The maximum atomic E-state index is 11.4. The van der Waals surface area contributed by atoms with Crippen molar-refractivity contribution in [2.45, 2.75) is 25.3 Å². The molecule has 3 rings (SSSR count). The van der Waals surface area contributed by atoms with E-state index in [0.29, 0.717) is 0 Å². The van der Waals surface area contributed by atoms with E-state index < -0.39 is 0 Å². The Bertz CT molecular complexity index is 636. The predicted molar refractivity (Wildman–Crippen MR) is 78.3 cm³/mol. The number of rotatable bonds is 2. The van der Waals surface area contributed by atoms with Gasteiger partial charge in [0.25, 0.3) is 0 Å². The van der Waals surface area contributed by atoms with Gasteiger partial charge in [0.05, 0.1) is 17.9 Å². The first-order chi connectivity index (χ1) is 9.22. The summed E-state index contributed by atoms with van der Waals surface area (Å²) in [5, 5.41) is 3.48. The van der Waals surface area contributed by atoms with E-state index in [1.54, 1.807) is 6.07 Å². The first-order valence-corrected chi connectivity index (χ1v) is 7.12. The van der Waals surface area contributed by atoms with Crippen LogP contribution in [0.15, 0.2) is 39.9 Å². The zero-order valence-electron chi connectivity index (χ0n) is 10.3. The Hall–Kier alpha value is -1.62. The maximum Gasteiger partial charge on any atom is 0.248 e. The van der Waals surface area contributed by atoms with Crippen molar-refractivity contribution in [1.82, 2.24) is 9.97 Å². The van der Waals surface area contributed by atoms with Gasteiger partial charge in [0.15, 0.2) is 0 Å². The summed E-state index contributed by atoms with van der Waals surface area (Å²) in [6, 6.07) is 7.68. The van der Waals surface area contributed by atoms with Gasteiger partial charge in [0, 0.05) is 11.8 Å². The van der Waals surface area contributed by atoms with Crippen LogP contribution in [0.3, 0.4) is 0 Å². The van der Waals surface area contributed by atoms with Crippen LogP contribution in [0.25, 0.3) is 0 Å². The fourth-order valence-electron chi connectivity index (χ4n) is 2.51. The number of H-pyrrole nitrogens is 1. The van der Waals surface area contributed by atoms with Gasteiger partial charge in [-0.1, -0.05) is 0 Å². The van der Waals surface area contributed by atoms with Crippen LogP contribution in [0.1, 0.15) is 30.1 Å². The molecule has 0 radical (unpaired) electrons. The Balaban J connectivity index is 1.87. The molecule has 1 atom stereocenters. The van der Waals surface area contributed by atoms with Crippen LogP contribution in [0, 0.1) is 0 Å². The second-order valence-electron chi connectivity index (χ2n) is 4.72. The highest BCUT2D eigenvalue weighted by Gasteiger charge is 2.20. The van der Waals surface area contributed by atoms with Crippen molar-refractivity contribution in [2.75, 3.05) is 5.32 Å². The number of pyridine rings is 2. The maximum absolute atomic E-state index is 11.4. The van der Waals surface area contributed by atoms with E-state index in [2.05, 4.69) is 31.2 Å². The van der Waals surface area contributed by atoms with E-state index in [-0.39, 0.29) is 11.6 Å². The van der Waals surface area contributed by atoms with E-state index in [1.165, 1.54) is 5.56 Å². The number of aryl methyl sites for hydroxylation is 1. The number of nitrogens with zero attached hydrogens (tertiary/aromatic N) is 1. The number of anilines is 1. The molecule has 1 aliphatic carbocycles. The van der Waals surface area contributed by atoms with Crippen LogP contribution < -0.4 is 10.9 Å². The van der Waals surface area contributed by atoms with Gasteiger partial charge in [-0.15, -0.1) is 0 Å². The summed E-state index contributed by atoms with van der Waals surface area (Å²) < 4.78 is 0.825. The normalized spacial score (nSPS) is 17.8. The Labute approximate surface area is 119 Å². The number of aromatic nitrogens is 2. The zero-order chi connectivity index (χ0) is 13.2. The van der Waals surface area contributed by atoms with E-state index >= 15 is 0 Å². The van der Waals surface area contributed by atoms with Gasteiger partial charge < -0.3 is 10.3 Å². The second kappa shape index (κ2) is 5.17. The van der Waals surface area contributed by atoms with Crippen LogP contribution in [0.5, 0.6) is 0 Å². The van der Waals surface area contributed by atoms with Crippen molar-refractivity contribution >= 4 is 21.6 Å². The lowest BCUT2D eigenvalue weighted by Gasteiger charge is -2.26. The predicted octanol–water partition coefficient (Wildman–Crippen LogP) is 3.02. The molecular weight excluding hydrogens is 306 g/mol. The standard InChI is InChI=1S/C14H14BrN3O/c15-13-6-4-9(8-16-13)17-11-2-1-3-12-10(11)5-7-14(19)18-12/h4-8,11,17H,1-3H2,(H,18,19). The van der Waals surface area contributed by atoms with Crippen molar-refractivity contribution in [2.24, 2.45) is 0 Å². The molecule has 1 unspecified atom stereocenters. The molecule has 0 saturated heterocycles. The fraction of sp³-hybridized carbons (Fsp3) is 0.286. The molecule has 1 aliphatic rings. The molecule has 98 valence electrons. The van der Waals surface area contributed by atoms with Crippen molar-refractivity contribution in [1.29, 1.82) is 0 Å². The van der Waals surface area contributed by atoms with Gasteiger partial charge in [-0.25, -0.2) is 4.98 Å². The van der Waals surface area contributed by atoms with Crippen LogP contribution in [-0.4, -0.2) is 9.97 Å². The highest BCUT2D eigenvalue weighted by Crippen LogP contribution is 2.30. The third-order valence-electron chi connectivity index (χ3n) is 3.40. The minimum atomic E-state index is -0.0234. The summed E-state index contributed by atoms with van der Waals surface area (Å²) in [5.74, 6) is 0. The molecule has 2 heterocycles. The van der Waals surface area contributed by atoms with Gasteiger partial charge in [0.2, 0.25) is 5.56 Å². The van der Waals surface area contributed by atoms with Gasteiger partial charge >= 0.3 is 0 Å². The summed E-state index contributed by atoms with van der Waals surface area (Å²) in [7, 11) is 0. The monoisotopic (exact) mass is 319 g/mol. The van der Waals surface area contributed by atoms with Crippen LogP contribution in [0.4, 0.5) is 5.69 Å². The number of nitrogens with one attached hydrogen (secondary N) is 2. The highest BCUT2D eigenvalue weighted by atomic mass is 79.9. The molecule has 0 saturated carbocycles. The first kappa shape index (κ1) is 12.4. The number of hydrogen-bond acceptors (Lipinski definition) is 3. The lowest BCUT2D eigenvalue weighted by Crippen LogP contribution is -2.21. The number of aromatic amines is 1. The van der Waals surface area contributed by atoms with Crippen molar-refractivity contribution in [3.05, 3.63) is 56.7 Å². The van der Waals surface area contributed by atoms with Crippen LogP contribution >= 0.6 is 15.9 Å². The van der Waals surface area contributed by atoms with E-state index in [0.717, 1.165) is 35.2 Å². The molecule has 19 heavy (non-hydrogen) atoms. The quantitative estimate of drug-likeness (QED) is 0.836. The highest BCUT2D eigenvalue weighted by molar-refractivity contribution is 9.10. The number of hydrogen-bond donors (Lipinski definition) is 2. The molecule has 4 nitrogen and oxygen atoms in total. The average molecular weight is 320 g/mol. The minimum absolute atomic E-state index is 0.0234. The lowest BCUT2D eigenvalue weighted by molar-refractivity contribution is 0.586.